The Kier molecular flexibility index (Phi) is 6.66. The Morgan fingerprint density at radius 3 is 1.95 bits per heavy atom. The minimum absolute atomic E-state index is 0.918. The van der Waals surface area contributed by atoms with Crippen molar-refractivity contribution in [2.45, 2.75) is 6.18 Å². The molecule has 22 heavy (non-hydrogen) atoms. The van der Waals surface area contributed by atoms with Gasteiger partial charge in [0.25, 0.3) is 0 Å². The lowest BCUT2D eigenvalue weighted by molar-refractivity contribution is -0.192. The molecule has 0 atom stereocenters. The van der Waals surface area contributed by atoms with E-state index in [4.69, 9.17) is 14.6 Å². The van der Waals surface area contributed by atoms with Gasteiger partial charge in [-0.3, -0.25) is 0 Å². The van der Waals surface area contributed by atoms with E-state index in [1.54, 1.807) is 7.11 Å². The van der Waals surface area contributed by atoms with Crippen LogP contribution >= 0.6 is 22.6 Å². The number of alkyl halides is 3. The van der Waals surface area contributed by atoms with Crippen LogP contribution in [0.5, 0.6) is 5.75 Å². The van der Waals surface area contributed by atoms with Crippen LogP contribution in [-0.4, -0.2) is 24.4 Å². The number of carboxylic acids is 1. The van der Waals surface area contributed by atoms with Crippen LogP contribution in [0.15, 0.2) is 48.5 Å². The Morgan fingerprint density at radius 1 is 1.05 bits per heavy atom. The van der Waals surface area contributed by atoms with Crippen LogP contribution in [0.3, 0.4) is 0 Å². The molecule has 0 aromatic heterocycles. The van der Waals surface area contributed by atoms with Gasteiger partial charge in [0.1, 0.15) is 5.75 Å². The lowest BCUT2D eigenvalue weighted by Gasteiger charge is -2.09. The highest BCUT2D eigenvalue weighted by molar-refractivity contribution is 14.1. The van der Waals surface area contributed by atoms with Crippen LogP contribution in [0.2, 0.25) is 0 Å². The second kappa shape index (κ2) is 8.02. The average molecular weight is 424 g/mol. The molecule has 0 aliphatic rings. The van der Waals surface area contributed by atoms with Crippen molar-refractivity contribution in [2.75, 3.05) is 7.11 Å². The number of hydrogen-bond acceptors (Lipinski definition) is 2. The Morgan fingerprint density at radius 2 is 1.50 bits per heavy atom. The van der Waals surface area contributed by atoms with E-state index in [1.807, 2.05) is 30.3 Å². The van der Waals surface area contributed by atoms with E-state index in [2.05, 4.69) is 40.8 Å². The smallest absolute Gasteiger partial charge is 0.490 e. The summed E-state index contributed by atoms with van der Waals surface area (Å²) in [6, 6.07) is 16.4. The van der Waals surface area contributed by atoms with Crippen LogP contribution in [0.4, 0.5) is 13.2 Å². The van der Waals surface area contributed by atoms with E-state index in [0.29, 0.717) is 0 Å². The van der Waals surface area contributed by atoms with Crippen molar-refractivity contribution in [2.24, 2.45) is 0 Å². The molecular formula is C15H12F3IO3. The van der Waals surface area contributed by atoms with E-state index in [1.165, 1.54) is 9.13 Å². The fourth-order valence-electron chi connectivity index (χ4n) is 1.55. The molecule has 0 bridgehead atoms. The first kappa shape index (κ1) is 18.3. The van der Waals surface area contributed by atoms with E-state index in [-0.39, 0.29) is 0 Å². The van der Waals surface area contributed by atoms with E-state index >= 15 is 0 Å². The molecule has 0 fully saturated rings. The van der Waals surface area contributed by atoms with Gasteiger partial charge in [-0.2, -0.15) is 13.2 Å². The zero-order valence-corrected chi connectivity index (χ0v) is 13.6. The molecule has 0 heterocycles. The standard InChI is InChI=1S/C13H11IO.C2HF3O2/c1-15-13-9-5-3-7-11(13)10-6-2-4-8-12(10)14;3-2(4,5)1(6)7/h2-9H,1H3;(H,6,7). The molecule has 0 amide bonds. The zero-order valence-electron chi connectivity index (χ0n) is 11.4. The van der Waals surface area contributed by atoms with Crippen molar-refractivity contribution >= 4 is 28.6 Å². The van der Waals surface area contributed by atoms with Crippen molar-refractivity contribution < 1.29 is 27.8 Å². The van der Waals surface area contributed by atoms with Gasteiger partial charge in [-0.05, 0) is 40.3 Å². The molecule has 118 valence electrons. The van der Waals surface area contributed by atoms with Crippen molar-refractivity contribution in [3.8, 4) is 16.9 Å². The molecule has 0 spiro atoms. The van der Waals surface area contributed by atoms with Crippen LogP contribution in [0, 0.1) is 3.57 Å². The fourth-order valence-corrected chi connectivity index (χ4v) is 2.22. The maximum Gasteiger partial charge on any atom is 0.490 e. The van der Waals surface area contributed by atoms with Crippen molar-refractivity contribution in [3.63, 3.8) is 0 Å². The minimum Gasteiger partial charge on any atom is -0.496 e. The third kappa shape index (κ3) is 5.21. The molecule has 0 unspecified atom stereocenters. The molecule has 0 aliphatic heterocycles. The summed E-state index contributed by atoms with van der Waals surface area (Å²) in [6.45, 7) is 0. The number of carbonyl (C=O) groups is 1. The van der Waals surface area contributed by atoms with Gasteiger partial charge in [0.15, 0.2) is 0 Å². The Bertz CT molecular complexity index is 642. The van der Waals surface area contributed by atoms with Gasteiger partial charge in [-0.1, -0.05) is 36.4 Å². The summed E-state index contributed by atoms with van der Waals surface area (Å²) in [6.07, 6.45) is -5.08. The summed E-state index contributed by atoms with van der Waals surface area (Å²) in [7, 11) is 1.70. The predicted octanol–water partition coefficient (Wildman–Crippen LogP) is 4.60. The number of benzene rings is 2. The van der Waals surface area contributed by atoms with E-state index in [0.717, 1.165) is 11.3 Å². The van der Waals surface area contributed by atoms with Gasteiger partial charge in [0, 0.05) is 9.13 Å². The third-order valence-corrected chi connectivity index (χ3v) is 3.45. The monoisotopic (exact) mass is 424 g/mol. The Labute approximate surface area is 138 Å². The fraction of sp³-hybridized carbons (Fsp3) is 0.133. The lowest BCUT2D eigenvalue weighted by Crippen LogP contribution is -2.21. The number of carboxylic acid groups (broad SMARTS) is 1. The van der Waals surface area contributed by atoms with Crippen molar-refractivity contribution in [1.29, 1.82) is 0 Å². The SMILES string of the molecule is COc1ccccc1-c1ccccc1I.O=C(O)C(F)(F)F. The average Bonchev–Trinajstić information content (AvgIpc) is 2.47. The summed E-state index contributed by atoms with van der Waals surface area (Å²) in [5, 5.41) is 7.12. The number of rotatable bonds is 2. The molecule has 0 radical (unpaired) electrons. The van der Waals surface area contributed by atoms with Gasteiger partial charge < -0.3 is 9.84 Å². The predicted molar refractivity (Wildman–Crippen MR) is 84.8 cm³/mol. The number of aliphatic carboxylic acids is 1. The van der Waals surface area contributed by atoms with Crippen LogP contribution in [-0.2, 0) is 4.79 Å². The van der Waals surface area contributed by atoms with Crippen LogP contribution in [0.25, 0.3) is 11.1 Å². The second-order valence-corrected chi connectivity index (χ2v) is 5.15. The topological polar surface area (TPSA) is 46.5 Å². The molecule has 2 aromatic carbocycles. The highest BCUT2D eigenvalue weighted by Gasteiger charge is 2.38. The van der Waals surface area contributed by atoms with Gasteiger partial charge in [-0.15, -0.1) is 0 Å². The van der Waals surface area contributed by atoms with E-state index in [9.17, 15) is 13.2 Å². The molecule has 3 nitrogen and oxygen atoms in total. The second-order valence-electron chi connectivity index (χ2n) is 3.98. The zero-order chi connectivity index (χ0) is 16.8. The maximum absolute atomic E-state index is 10.6. The normalized spacial score (nSPS) is 10.4. The van der Waals surface area contributed by atoms with Gasteiger partial charge in [0.2, 0.25) is 0 Å². The molecule has 2 rings (SSSR count). The molecule has 0 saturated carbocycles. The minimum atomic E-state index is -5.08. The Balaban J connectivity index is 0.000000295. The van der Waals surface area contributed by atoms with Gasteiger partial charge >= 0.3 is 12.1 Å². The summed E-state index contributed by atoms with van der Waals surface area (Å²) < 4.78 is 38.3. The van der Waals surface area contributed by atoms with Crippen molar-refractivity contribution in [3.05, 3.63) is 52.1 Å². The van der Waals surface area contributed by atoms with Gasteiger partial charge in [-0.25, -0.2) is 4.79 Å². The quantitative estimate of drug-likeness (QED) is 0.718. The highest BCUT2D eigenvalue weighted by Crippen LogP contribution is 2.32. The summed E-state index contributed by atoms with van der Waals surface area (Å²) >= 11 is 2.34. The van der Waals surface area contributed by atoms with Crippen LogP contribution in [0.1, 0.15) is 0 Å². The number of para-hydroxylation sites is 1. The highest BCUT2D eigenvalue weighted by atomic mass is 127. The van der Waals surface area contributed by atoms with Crippen LogP contribution < -0.4 is 4.74 Å². The first-order valence-electron chi connectivity index (χ1n) is 5.95. The van der Waals surface area contributed by atoms with Crippen molar-refractivity contribution in [1.82, 2.24) is 0 Å². The summed E-state index contributed by atoms with van der Waals surface area (Å²) in [4.78, 5) is 8.90. The molecule has 0 saturated heterocycles. The largest absolute Gasteiger partial charge is 0.496 e. The molecular weight excluding hydrogens is 412 g/mol. The summed E-state index contributed by atoms with van der Waals surface area (Å²) in [5.41, 5.74) is 2.36. The number of methoxy groups -OCH3 is 1. The van der Waals surface area contributed by atoms with Gasteiger partial charge in [0.05, 0.1) is 7.11 Å². The maximum atomic E-state index is 10.6. The third-order valence-electron chi connectivity index (χ3n) is 2.51. The summed E-state index contributed by atoms with van der Waals surface area (Å²) in [5.74, 6) is -1.84. The lowest BCUT2D eigenvalue weighted by atomic mass is 10.1. The number of ether oxygens (including phenoxy) is 1. The first-order chi connectivity index (χ1) is 10.3. The molecule has 7 heteroatoms. The Hall–Kier alpha value is -1.77. The molecule has 0 aliphatic carbocycles. The molecule has 2 aromatic rings. The molecule has 1 N–H and O–H groups in total. The number of hydrogen-bond donors (Lipinski definition) is 1. The van der Waals surface area contributed by atoms with E-state index < -0.39 is 12.1 Å². The number of halogens is 4. The first-order valence-corrected chi connectivity index (χ1v) is 7.03.